The van der Waals surface area contributed by atoms with E-state index in [2.05, 4.69) is 10.3 Å². The Morgan fingerprint density at radius 2 is 1.74 bits per heavy atom. The molecule has 1 N–H and O–H groups in total. The van der Waals surface area contributed by atoms with E-state index in [1.54, 1.807) is 30.1 Å². The molecule has 5 nitrogen and oxygen atoms in total. The fourth-order valence-corrected chi connectivity index (χ4v) is 4.74. The predicted octanol–water partition coefficient (Wildman–Crippen LogP) is 6.08. The van der Waals surface area contributed by atoms with Crippen molar-refractivity contribution in [2.24, 2.45) is 0 Å². The van der Waals surface area contributed by atoms with Gasteiger partial charge in [-0.2, -0.15) is 13.2 Å². The van der Waals surface area contributed by atoms with Gasteiger partial charge in [-0.15, -0.1) is 0 Å². The zero-order valence-electron chi connectivity index (χ0n) is 18.6. The summed E-state index contributed by atoms with van der Waals surface area (Å²) in [5.74, 6) is 0.665. The van der Waals surface area contributed by atoms with Gasteiger partial charge in [0.25, 0.3) is 0 Å². The van der Waals surface area contributed by atoms with Crippen molar-refractivity contribution in [3.05, 3.63) is 108 Å². The zero-order chi connectivity index (χ0) is 24.6. The topological polar surface area (TPSA) is 42.3 Å². The molecule has 0 spiro atoms. The summed E-state index contributed by atoms with van der Waals surface area (Å²) in [6, 6.07) is 21.4. The second-order valence-corrected chi connectivity index (χ2v) is 8.44. The second kappa shape index (κ2) is 9.07. The molecule has 2 atom stereocenters. The zero-order valence-corrected chi connectivity index (χ0v) is 19.4. The van der Waals surface area contributed by atoms with Crippen molar-refractivity contribution in [3.8, 4) is 11.4 Å². The molecular weight excluding hydrogens is 473 g/mol. The molecule has 2 aromatic carbocycles. The molecule has 1 saturated heterocycles. The van der Waals surface area contributed by atoms with Crippen molar-refractivity contribution in [1.82, 2.24) is 14.9 Å². The fraction of sp³-hybridized carbons (Fsp3) is 0.154. The lowest BCUT2D eigenvalue weighted by Crippen LogP contribution is -2.30. The number of nitrogens with zero attached hydrogens (tertiary/aromatic N) is 3. The van der Waals surface area contributed by atoms with Crippen LogP contribution in [0.15, 0.2) is 91.3 Å². The average molecular weight is 495 g/mol. The van der Waals surface area contributed by atoms with Crippen LogP contribution in [0.1, 0.15) is 29.0 Å². The molecule has 178 valence electrons. The van der Waals surface area contributed by atoms with Crippen LogP contribution in [0.4, 0.5) is 18.9 Å². The van der Waals surface area contributed by atoms with E-state index in [1.165, 1.54) is 6.07 Å². The number of halogens is 3. The van der Waals surface area contributed by atoms with Gasteiger partial charge in [-0.05, 0) is 66.8 Å². The van der Waals surface area contributed by atoms with Gasteiger partial charge in [0, 0.05) is 35.5 Å². The summed E-state index contributed by atoms with van der Waals surface area (Å²) in [6.07, 6.45) is -0.981. The van der Waals surface area contributed by atoms with E-state index in [9.17, 15) is 13.2 Å². The SMILES string of the molecule is COc1cccc(N2C(=S)N[C@H](c3ccccn3)[C@H]2c2cccn2-c2cccc(C(F)(F)F)c2)c1. The highest BCUT2D eigenvalue weighted by Gasteiger charge is 2.42. The maximum atomic E-state index is 13.4. The van der Waals surface area contributed by atoms with Crippen LogP contribution in [-0.2, 0) is 6.18 Å². The van der Waals surface area contributed by atoms with Crippen molar-refractivity contribution in [2.45, 2.75) is 18.3 Å². The van der Waals surface area contributed by atoms with E-state index in [-0.39, 0.29) is 6.04 Å². The number of thiocarbonyl (C=S) groups is 1. The van der Waals surface area contributed by atoms with Gasteiger partial charge in [-0.25, -0.2) is 0 Å². The second-order valence-electron chi connectivity index (χ2n) is 8.05. The highest BCUT2D eigenvalue weighted by molar-refractivity contribution is 7.80. The van der Waals surface area contributed by atoms with Gasteiger partial charge in [-0.3, -0.25) is 4.98 Å². The Balaban J connectivity index is 1.66. The van der Waals surface area contributed by atoms with Crippen LogP contribution in [0.25, 0.3) is 5.69 Å². The normalized spacial score (nSPS) is 17.9. The third-order valence-electron chi connectivity index (χ3n) is 5.96. The number of aromatic nitrogens is 2. The molecule has 0 radical (unpaired) electrons. The lowest BCUT2D eigenvalue weighted by atomic mass is 10.0. The van der Waals surface area contributed by atoms with Crippen molar-refractivity contribution in [3.63, 3.8) is 0 Å². The third kappa shape index (κ3) is 4.35. The Morgan fingerprint density at radius 1 is 0.943 bits per heavy atom. The minimum atomic E-state index is -4.44. The van der Waals surface area contributed by atoms with Gasteiger partial charge in [0.15, 0.2) is 5.11 Å². The third-order valence-corrected chi connectivity index (χ3v) is 6.28. The molecule has 5 rings (SSSR count). The lowest BCUT2D eigenvalue weighted by molar-refractivity contribution is -0.137. The molecule has 0 unspecified atom stereocenters. The van der Waals surface area contributed by atoms with Crippen LogP contribution in [0.3, 0.4) is 0 Å². The van der Waals surface area contributed by atoms with Crippen LogP contribution in [0.5, 0.6) is 5.75 Å². The number of nitrogens with one attached hydrogen (secondary N) is 1. The number of pyridine rings is 1. The summed E-state index contributed by atoms with van der Waals surface area (Å²) < 4.78 is 47.5. The van der Waals surface area contributed by atoms with Crippen LogP contribution in [0.2, 0.25) is 0 Å². The molecule has 9 heteroatoms. The summed E-state index contributed by atoms with van der Waals surface area (Å²) in [5.41, 5.74) is 2.02. The summed E-state index contributed by atoms with van der Waals surface area (Å²) in [4.78, 5) is 6.49. The Kier molecular flexibility index (Phi) is 5.94. The first kappa shape index (κ1) is 22.9. The smallest absolute Gasteiger partial charge is 0.416 e. The molecule has 4 aromatic rings. The summed E-state index contributed by atoms with van der Waals surface area (Å²) in [7, 11) is 1.59. The predicted molar refractivity (Wildman–Crippen MR) is 132 cm³/mol. The Labute approximate surface area is 205 Å². The first-order chi connectivity index (χ1) is 16.9. The Morgan fingerprint density at radius 3 is 2.49 bits per heavy atom. The minimum Gasteiger partial charge on any atom is -0.497 e. The maximum Gasteiger partial charge on any atom is 0.416 e. The highest BCUT2D eigenvalue weighted by atomic mass is 32.1. The lowest BCUT2D eigenvalue weighted by Gasteiger charge is -2.29. The number of ether oxygens (including phenoxy) is 1. The number of hydrogen-bond acceptors (Lipinski definition) is 3. The van der Waals surface area contributed by atoms with Gasteiger partial charge in [0.05, 0.1) is 24.4 Å². The number of rotatable bonds is 5. The van der Waals surface area contributed by atoms with Crippen molar-refractivity contribution < 1.29 is 17.9 Å². The Hall–Kier alpha value is -3.85. The van der Waals surface area contributed by atoms with E-state index in [0.29, 0.717) is 16.5 Å². The molecule has 0 bridgehead atoms. The average Bonchev–Trinajstić information content (AvgIpc) is 3.48. The first-order valence-electron chi connectivity index (χ1n) is 10.9. The van der Waals surface area contributed by atoms with E-state index < -0.39 is 17.8 Å². The number of anilines is 1. The highest BCUT2D eigenvalue weighted by Crippen LogP contribution is 2.43. The molecule has 1 aliphatic rings. The van der Waals surface area contributed by atoms with Crippen LogP contribution < -0.4 is 15.0 Å². The van der Waals surface area contributed by atoms with Crippen molar-refractivity contribution >= 4 is 23.0 Å². The molecule has 0 saturated carbocycles. The maximum absolute atomic E-state index is 13.4. The van der Waals surface area contributed by atoms with Gasteiger partial charge in [0.1, 0.15) is 11.8 Å². The van der Waals surface area contributed by atoms with Crippen molar-refractivity contribution in [1.29, 1.82) is 0 Å². The van der Waals surface area contributed by atoms with Gasteiger partial charge in [0.2, 0.25) is 0 Å². The van der Waals surface area contributed by atoms with E-state index in [4.69, 9.17) is 17.0 Å². The molecule has 2 aromatic heterocycles. The number of methoxy groups -OCH3 is 1. The largest absolute Gasteiger partial charge is 0.497 e. The van der Waals surface area contributed by atoms with E-state index in [1.807, 2.05) is 59.5 Å². The molecule has 3 heterocycles. The fourth-order valence-electron chi connectivity index (χ4n) is 4.40. The molecule has 35 heavy (non-hydrogen) atoms. The molecule has 1 aliphatic heterocycles. The minimum absolute atomic E-state index is 0.339. The number of alkyl halides is 3. The number of hydrogen-bond donors (Lipinski definition) is 1. The van der Waals surface area contributed by atoms with Crippen molar-refractivity contribution in [2.75, 3.05) is 12.0 Å². The number of benzene rings is 2. The van der Waals surface area contributed by atoms with Gasteiger partial charge >= 0.3 is 6.18 Å². The molecule has 0 aliphatic carbocycles. The van der Waals surface area contributed by atoms with Gasteiger partial charge in [-0.1, -0.05) is 18.2 Å². The monoisotopic (exact) mass is 494 g/mol. The van der Waals surface area contributed by atoms with Crippen LogP contribution in [-0.4, -0.2) is 21.8 Å². The summed E-state index contributed by atoms with van der Waals surface area (Å²) in [6.45, 7) is 0. The quantitative estimate of drug-likeness (QED) is 0.341. The van der Waals surface area contributed by atoms with Crippen LogP contribution >= 0.6 is 12.2 Å². The summed E-state index contributed by atoms with van der Waals surface area (Å²) >= 11 is 5.75. The van der Waals surface area contributed by atoms with Gasteiger partial charge < -0.3 is 19.5 Å². The standard InChI is InChI=1S/C26H21F3N4OS/c1-34-20-10-5-9-19(16-20)33-24(23(31-25(33)35)21-11-2-3-13-30-21)22-12-6-14-32(22)18-8-4-7-17(15-18)26(27,28)29/h2-16,23-24H,1H3,(H,31,35)/t23-,24-/m1/s1. The van der Waals surface area contributed by atoms with E-state index in [0.717, 1.165) is 29.2 Å². The molecular formula is C26H21F3N4OS. The van der Waals surface area contributed by atoms with Crippen LogP contribution in [0, 0.1) is 0 Å². The molecule has 1 fully saturated rings. The Bertz CT molecular complexity index is 1360. The first-order valence-corrected chi connectivity index (χ1v) is 11.3. The molecule has 0 amide bonds. The summed E-state index contributed by atoms with van der Waals surface area (Å²) in [5, 5.41) is 3.85. The van der Waals surface area contributed by atoms with E-state index >= 15 is 0 Å².